The molecule has 2 aromatic rings. The van der Waals surface area contributed by atoms with Gasteiger partial charge in [-0.05, 0) is 30.7 Å². The van der Waals surface area contributed by atoms with Crippen molar-refractivity contribution in [1.82, 2.24) is 0 Å². The molecule has 0 radical (unpaired) electrons. The molecule has 0 aliphatic heterocycles. The Morgan fingerprint density at radius 3 is 2.67 bits per heavy atom. The van der Waals surface area contributed by atoms with Crippen molar-refractivity contribution in [2.75, 3.05) is 11.8 Å². The van der Waals surface area contributed by atoms with Gasteiger partial charge in [0.25, 0.3) is 10.0 Å². The first-order chi connectivity index (χ1) is 9.87. The number of anilines is 1. The van der Waals surface area contributed by atoms with Crippen LogP contribution >= 0.6 is 11.3 Å². The SMILES string of the molecule is COc1cc(NS(=O)(=O)c2cc(C)c(CO)s2)ccc1F. The molecule has 0 saturated heterocycles. The third-order valence-corrected chi connectivity index (χ3v) is 5.89. The summed E-state index contributed by atoms with van der Waals surface area (Å²) in [5.41, 5.74) is 0.907. The number of sulfonamides is 1. The third-order valence-electron chi connectivity index (χ3n) is 2.81. The molecule has 0 bridgehead atoms. The van der Waals surface area contributed by atoms with Crippen molar-refractivity contribution < 1.29 is 22.7 Å². The zero-order chi connectivity index (χ0) is 15.6. The van der Waals surface area contributed by atoms with Crippen molar-refractivity contribution in [2.45, 2.75) is 17.7 Å². The quantitative estimate of drug-likeness (QED) is 0.883. The van der Waals surface area contributed by atoms with Crippen LogP contribution in [0.2, 0.25) is 0 Å². The van der Waals surface area contributed by atoms with Crippen LogP contribution in [0, 0.1) is 12.7 Å². The van der Waals surface area contributed by atoms with Crippen molar-refractivity contribution in [3.63, 3.8) is 0 Å². The number of aliphatic hydroxyl groups is 1. The zero-order valence-corrected chi connectivity index (χ0v) is 13.0. The molecule has 5 nitrogen and oxygen atoms in total. The molecule has 0 fully saturated rings. The smallest absolute Gasteiger partial charge is 0.271 e. The number of benzene rings is 1. The minimum atomic E-state index is -3.78. The highest BCUT2D eigenvalue weighted by Crippen LogP contribution is 2.29. The number of thiophene rings is 1. The van der Waals surface area contributed by atoms with E-state index in [-0.39, 0.29) is 22.3 Å². The van der Waals surface area contributed by atoms with Crippen LogP contribution in [0.4, 0.5) is 10.1 Å². The Bertz CT molecular complexity index is 756. The molecule has 114 valence electrons. The second-order valence-corrected chi connectivity index (χ2v) is 7.33. The summed E-state index contributed by atoms with van der Waals surface area (Å²) < 4.78 is 45.1. The Morgan fingerprint density at radius 1 is 1.38 bits per heavy atom. The molecule has 0 atom stereocenters. The van der Waals surface area contributed by atoms with Crippen LogP contribution in [0.25, 0.3) is 0 Å². The van der Waals surface area contributed by atoms with Gasteiger partial charge in [-0.15, -0.1) is 11.3 Å². The van der Waals surface area contributed by atoms with Crippen LogP contribution in [-0.4, -0.2) is 20.6 Å². The Morgan fingerprint density at radius 2 is 2.10 bits per heavy atom. The van der Waals surface area contributed by atoms with Crippen LogP contribution in [0.1, 0.15) is 10.4 Å². The van der Waals surface area contributed by atoms with Gasteiger partial charge in [0.15, 0.2) is 11.6 Å². The van der Waals surface area contributed by atoms with Crippen molar-refractivity contribution in [3.8, 4) is 5.75 Å². The molecular weight excluding hydrogens is 317 g/mol. The molecular formula is C13H14FNO4S2. The second-order valence-electron chi connectivity index (χ2n) is 4.28. The second kappa shape index (κ2) is 6.00. The van der Waals surface area contributed by atoms with Crippen LogP contribution in [-0.2, 0) is 16.6 Å². The molecule has 2 N–H and O–H groups in total. The maximum atomic E-state index is 13.3. The van der Waals surface area contributed by atoms with E-state index in [0.717, 1.165) is 17.4 Å². The maximum Gasteiger partial charge on any atom is 0.271 e. The molecule has 0 unspecified atom stereocenters. The van der Waals surface area contributed by atoms with Gasteiger partial charge in [0, 0.05) is 10.9 Å². The van der Waals surface area contributed by atoms with Gasteiger partial charge in [0.2, 0.25) is 0 Å². The Balaban J connectivity index is 2.32. The van der Waals surface area contributed by atoms with Crippen LogP contribution in [0.5, 0.6) is 5.75 Å². The first kappa shape index (κ1) is 15.7. The number of hydrogen-bond donors (Lipinski definition) is 2. The van der Waals surface area contributed by atoms with E-state index >= 15 is 0 Å². The van der Waals surface area contributed by atoms with E-state index in [9.17, 15) is 12.8 Å². The first-order valence-electron chi connectivity index (χ1n) is 5.94. The minimum absolute atomic E-state index is 0.0476. The van der Waals surface area contributed by atoms with Gasteiger partial charge in [-0.25, -0.2) is 12.8 Å². The summed E-state index contributed by atoms with van der Waals surface area (Å²) in [5, 5.41) is 9.12. The molecule has 1 aromatic carbocycles. The molecule has 8 heteroatoms. The molecule has 1 aromatic heterocycles. The summed E-state index contributed by atoms with van der Waals surface area (Å²) in [6.45, 7) is 1.51. The highest BCUT2D eigenvalue weighted by atomic mass is 32.2. The highest BCUT2D eigenvalue weighted by Gasteiger charge is 2.19. The van der Waals surface area contributed by atoms with E-state index < -0.39 is 15.8 Å². The van der Waals surface area contributed by atoms with E-state index in [0.29, 0.717) is 10.4 Å². The molecule has 0 amide bonds. The van der Waals surface area contributed by atoms with Crippen molar-refractivity contribution >= 4 is 27.0 Å². The Kier molecular flexibility index (Phi) is 4.50. The summed E-state index contributed by atoms with van der Waals surface area (Å²) in [7, 11) is -2.49. The number of aliphatic hydroxyl groups excluding tert-OH is 1. The monoisotopic (exact) mass is 331 g/mol. The lowest BCUT2D eigenvalue weighted by Gasteiger charge is -2.08. The minimum Gasteiger partial charge on any atom is -0.494 e. The standard InChI is InChI=1S/C13H14FNO4S2/c1-8-5-13(20-12(8)7-16)21(17,18)15-9-3-4-10(14)11(6-9)19-2/h3-6,15-16H,7H2,1-2H3. The van der Waals surface area contributed by atoms with Crippen LogP contribution < -0.4 is 9.46 Å². The van der Waals surface area contributed by atoms with E-state index in [4.69, 9.17) is 9.84 Å². The molecule has 0 spiro atoms. The van der Waals surface area contributed by atoms with Gasteiger partial charge in [0.1, 0.15) is 4.21 Å². The third kappa shape index (κ3) is 3.34. The van der Waals surface area contributed by atoms with E-state index in [1.54, 1.807) is 6.92 Å². The predicted molar refractivity (Wildman–Crippen MR) is 78.7 cm³/mol. The van der Waals surface area contributed by atoms with Crippen molar-refractivity contribution in [1.29, 1.82) is 0 Å². The molecule has 21 heavy (non-hydrogen) atoms. The number of aryl methyl sites for hydroxylation is 1. The van der Waals surface area contributed by atoms with Gasteiger partial charge in [-0.3, -0.25) is 4.72 Å². The highest BCUT2D eigenvalue weighted by molar-refractivity contribution is 7.94. The van der Waals surface area contributed by atoms with Gasteiger partial charge in [-0.1, -0.05) is 0 Å². The first-order valence-corrected chi connectivity index (χ1v) is 8.24. The fraction of sp³-hybridized carbons (Fsp3) is 0.231. The Labute approximate surface area is 126 Å². The number of halogens is 1. The predicted octanol–water partition coefficient (Wildman–Crippen LogP) is 2.50. The summed E-state index contributed by atoms with van der Waals surface area (Å²) in [5.74, 6) is -0.622. The van der Waals surface area contributed by atoms with E-state index in [1.165, 1.54) is 25.3 Å². The summed E-state index contributed by atoms with van der Waals surface area (Å²) in [4.78, 5) is 0.590. The lowest BCUT2D eigenvalue weighted by atomic mass is 10.3. The number of hydrogen-bond acceptors (Lipinski definition) is 5. The number of methoxy groups -OCH3 is 1. The average molecular weight is 331 g/mol. The number of rotatable bonds is 5. The largest absolute Gasteiger partial charge is 0.494 e. The topological polar surface area (TPSA) is 75.6 Å². The van der Waals surface area contributed by atoms with Gasteiger partial charge in [0.05, 0.1) is 19.4 Å². The van der Waals surface area contributed by atoms with Crippen LogP contribution in [0.3, 0.4) is 0 Å². The molecule has 0 aliphatic rings. The summed E-state index contributed by atoms with van der Waals surface area (Å²) in [6, 6.07) is 5.18. The zero-order valence-electron chi connectivity index (χ0n) is 11.4. The fourth-order valence-electron chi connectivity index (χ4n) is 1.71. The molecule has 1 heterocycles. The van der Waals surface area contributed by atoms with Crippen molar-refractivity contribution in [2.24, 2.45) is 0 Å². The molecule has 2 rings (SSSR count). The van der Waals surface area contributed by atoms with Gasteiger partial charge >= 0.3 is 0 Å². The summed E-state index contributed by atoms with van der Waals surface area (Å²) >= 11 is 0.993. The van der Waals surface area contributed by atoms with Crippen molar-refractivity contribution in [3.05, 3.63) is 40.5 Å². The van der Waals surface area contributed by atoms with Crippen LogP contribution in [0.15, 0.2) is 28.5 Å². The lowest BCUT2D eigenvalue weighted by molar-refractivity contribution is 0.285. The maximum absolute atomic E-state index is 13.3. The van der Waals surface area contributed by atoms with Gasteiger partial charge < -0.3 is 9.84 Å². The van der Waals surface area contributed by atoms with Gasteiger partial charge in [-0.2, -0.15) is 0 Å². The Hall–Kier alpha value is -1.64. The fourth-order valence-corrected chi connectivity index (χ4v) is 4.21. The normalized spacial score (nSPS) is 11.4. The molecule has 0 saturated carbocycles. The van der Waals surface area contributed by atoms with E-state index in [1.807, 2.05) is 0 Å². The average Bonchev–Trinajstić information content (AvgIpc) is 2.82. The van der Waals surface area contributed by atoms with E-state index in [2.05, 4.69) is 4.72 Å². The lowest BCUT2D eigenvalue weighted by Crippen LogP contribution is -2.11. The summed E-state index contributed by atoms with van der Waals surface area (Å²) in [6.07, 6.45) is 0. The number of nitrogens with one attached hydrogen (secondary N) is 1. The molecule has 0 aliphatic carbocycles. The number of ether oxygens (including phenoxy) is 1.